The van der Waals surface area contributed by atoms with Gasteiger partial charge in [0, 0.05) is 42.8 Å². The minimum Gasteiger partial charge on any atom is -0.462 e. The van der Waals surface area contributed by atoms with Crippen LogP contribution in [0.4, 0.5) is 19.4 Å². The number of ether oxygens (including phenoxy) is 2. The van der Waals surface area contributed by atoms with Crippen LogP contribution in [0.25, 0.3) is 32.9 Å². The predicted molar refractivity (Wildman–Crippen MR) is 171 cm³/mol. The molecule has 1 saturated carbocycles. The van der Waals surface area contributed by atoms with E-state index in [0.717, 1.165) is 13.0 Å². The molecule has 3 saturated heterocycles. The van der Waals surface area contributed by atoms with Crippen molar-refractivity contribution in [1.29, 1.82) is 0 Å². The summed E-state index contributed by atoms with van der Waals surface area (Å²) in [6.45, 7) is 8.07. The van der Waals surface area contributed by atoms with Crippen LogP contribution in [-0.2, 0) is 4.74 Å². The van der Waals surface area contributed by atoms with Crippen LogP contribution in [0.2, 0.25) is 5.02 Å². The summed E-state index contributed by atoms with van der Waals surface area (Å²) in [4.78, 5) is 33.0. The molecule has 4 fully saturated rings. The fourth-order valence-corrected chi connectivity index (χ4v) is 7.88. The predicted octanol–water partition coefficient (Wildman–Crippen LogP) is 6.30. The summed E-state index contributed by atoms with van der Waals surface area (Å²) < 4.78 is 43.1. The van der Waals surface area contributed by atoms with Gasteiger partial charge in [-0.3, -0.25) is 9.88 Å². The van der Waals surface area contributed by atoms with Gasteiger partial charge in [-0.2, -0.15) is 9.97 Å². The van der Waals surface area contributed by atoms with Crippen molar-refractivity contribution >= 4 is 45.2 Å². The van der Waals surface area contributed by atoms with E-state index < -0.39 is 17.2 Å². The molecular weight excluding hydrogens is 614 g/mol. The van der Waals surface area contributed by atoms with Crippen LogP contribution in [0.3, 0.4) is 0 Å². The second-order valence-corrected chi connectivity index (χ2v) is 14.4. The average Bonchev–Trinajstić information content (AvgIpc) is 3.56. The number of hydrogen-bond acceptors (Lipinski definition) is 8. The summed E-state index contributed by atoms with van der Waals surface area (Å²) >= 11 is 6.40. The van der Waals surface area contributed by atoms with Gasteiger partial charge < -0.3 is 19.3 Å². The first-order valence-corrected chi connectivity index (χ1v) is 16.2. The average molecular weight is 649 g/mol. The molecule has 1 amide bonds. The maximum Gasteiger partial charge on any atom is 0.410 e. The molecule has 2 aromatic heterocycles. The molecular formula is C34H35ClF2N6O3. The highest BCUT2D eigenvalue weighted by molar-refractivity contribution is 6.36. The fraction of sp³-hybridized carbons (Fsp3) is 0.471. The summed E-state index contributed by atoms with van der Waals surface area (Å²) in [6.07, 6.45) is 3.14. The molecule has 4 aliphatic rings. The number of anilines is 1. The summed E-state index contributed by atoms with van der Waals surface area (Å²) in [7, 11) is 2.10. The maximum atomic E-state index is 16.7. The van der Waals surface area contributed by atoms with E-state index in [9.17, 15) is 9.18 Å². The van der Waals surface area contributed by atoms with Gasteiger partial charge in [-0.25, -0.2) is 13.6 Å². The van der Waals surface area contributed by atoms with E-state index in [2.05, 4.69) is 26.8 Å². The first kappa shape index (κ1) is 29.6. The van der Waals surface area contributed by atoms with E-state index in [0.29, 0.717) is 59.1 Å². The lowest BCUT2D eigenvalue weighted by atomic mass is 9.96. The third-order valence-corrected chi connectivity index (χ3v) is 10.3. The zero-order chi connectivity index (χ0) is 32.1. The second kappa shape index (κ2) is 10.6. The Morgan fingerprint density at radius 1 is 1.11 bits per heavy atom. The van der Waals surface area contributed by atoms with Gasteiger partial charge in [0.15, 0.2) is 5.82 Å². The van der Waals surface area contributed by atoms with Crippen molar-refractivity contribution in [2.75, 3.05) is 38.2 Å². The first-order chi connectivity index (χ1) is 22.0. The van der Waals surface area contributed by atoms with Crippen molar-refractivity contribution in [3.8, 4) is 17.3 Å². The summed E-state index contributed by atoms with van der Waals surface area (Å²) in [5.74, 6) is 0.558. The third kappa shape index (κ3) is 4.81. The van der Waals surface area contributed by atoms with Gasteiger partial charge in [-0.15, -0.1) is 0 Å². The number of carbonyl (C=O) groups is 1. The minimum absolute atomic E-state index is 0.0102. The Bertz CT molecular complexity index is 1900. The molecule has 3 aliphatic heterocycles. The first-order valence-electron chi connectivity index (χ1n) is 15.8. The zero-order valence-electron chi connectivity index (χ0n) is 26.1. The highest BCUT2D eigenvalue weighted by Crippen LogP contribution is 2.49. The number of aromatic nitrogens is 3. The number of rotatable bonds is 5. The van der Waals surface area contributed by atoms with Crippen molar-refractivity contribution < 1.29 is 23.0 Å². The number of pyridine rings is 1. The number of carbonyl (C=O) groups excluding carboxylic acids is 1. The lowest BCUT2D eigenvalue weighted by Gasteiger charge is -2.47. The summed E-state index contributed by atoms with van der Waals surface area (Å²) in [5.41, 5.74) is -0.160. The SMILES string of the molecule is CN1CC2C[C@H]2[C@H]1COc1nc(N2C[C@@H]3[C@H]2CCN3C(=O)OC(C)(C)C)c2cnc(-c3cccc4ccc(F)c(Cl)c34)c(F)c2n1. The molecule has 9 nitrogen and oxygen atoms in total. The van der Waals surface area contributed by atoms with Crippen LogP contribution in [0, 0.1) is 23.5 Å². The van der Waals surface area contributed by atoms with Crippen molar-refractivity contribution in [1.82, 2.24) is 24.8 Å². The molecule has 1 aliphatic carbocycles. The molecule has 1 unspecified atom stereocenters. The van der Waals surface area contributed by atoms with E-state index in [1.807, 2.05) is 20.8 Å². The molecule has 12 heteroatoms. The largest absolute Gasteiger partial charge is 0.462 e. The molecule has 0 bridgehead atoms. The summed E-state index contributed by atoms with van der Waals surface area (Å²) in [6, 6.07) is 8.41. The standard InChI is InChI=1S/C34H35ClF2N6O3/c1-34(2,3)46-33(44)42-11-10-23-24(42)15-43(23)31-21-13-38-29(19-7-5-6-17-8-9-22(36)27(35)26(17)19)28(37)30(21)39-32(40-31)45-16-25-20-12-18(20)14-41(25)4/h5-9,13,18,20,23-25H,10-12,14-16H2,1-4H3/t18?,20-,23-,24-,25-/m1/s1. The molecule has 240 valence electrons. The quantitative estimate of drug-likeness (QED) is 0.249. The molecule has 5 atom stereocenters. The van der Waals surface area contributed by atoms with Crippen LogP contribution < -0.4 is 9.64 Å². The molecule has 0 N–H and O–H groups in total. The van der Waals surface area contributed by atoms with Gasteiger partial charge in [0.2, 0.25) is 0 Å². The van der Waals surface area contributed by atoms with Crippen molar-refractivity contribution in [2.45, 2.75) is 57.3 Å². The van der Waals surface area contributed by atoms with Crippen LogP contribution in [0.1, 0.15) is 33.6 Å². The highest BCUT2D eigenvalue weighted by Gasteiger charge is 2.52. The Morgan fingerprint density at radius 2 is 1.93 bits per heavy atom. The van der Waals surface area contributed by atoms with Crippen LogP contribution in [0.15, 0.2) is 36.5 Å². The maximum absolute atomic E-state index is 16.7. The van der Waals surface area contributed by atoms with E-state index in [-0.39, 0.29) is 46.5 Å². The lowest BCUT2D eigenvalue weighted by Crippen LogP contribution is -2.63. The number of benzene rings is 2. The Kier molecular flexibility index (Phi) is 6.81. The van der Waals surface area contributed by atoms with Gasteiger partial charge >= 0.3 is 12.1 Å². The summed E-state index contributed by atoms with van der Waals surface area (Å²) in [5, 5.41) is 1.38. The van der Waals surface area contributed by atoms with Crippen molar-refractivity contribution in [3.05, 3.63) is 53.2 Å². The molecule has 2 aromatic carbocycles. The van der Waals surface area contributed by atoms with E-state index in [4.69, 9.17) is 26.1 Å². The van der Waals surface area contributed by atoms with Crippen LogP contribution in [0.5, 0.6) is 6.01 Å². The minimum atomic E-state index is -0.669. The molecule has 0 radical (unpaired) electrons. The van der Waals surface area contributed by atoms with E-state index in [1.165, 1.54) is 12.5 Å². The third-order valence-electron chi connectivity index (χ3n) is 9.97. The Morgan fingerprint density at radius 3 is 2.70 bits per heavy atom. The number of piperidine rings is 1. The van der Waals surface area contributed by atoms with Crippen molar-refractivity contribution in [2.24, 2.45) is 11.8 Å². The number of nitrogens with zero attached hydrogens (tertiary/aromatic N) is 6. The van der Waals surface area contributed by atoms with Gasteiger partial charge in [0.25, 0.3) is 0 Å². The molecule has 46 heavy (non-hydrogen) atoms. The molecule has 0 spiro atoms. The van der Waals surface area contributed by atoms with Gasteiger partial charge in [0.05, 0.1) is 22.5 Å². The Labute approximate surface area is 270 Å². The monoisotopic (exact) mass is 648 g/mol. The fourth-order valence-electron chi connectivity index (χ4n) is 7.61. The van der Waals surface area contributed by atoms with Crippen molar-refractivity contribution in [3.63, 3.8) is 0 Å². The molecule has 5 heterocycles. The normalized spacial score (nSPS) is 25.5. The van der Waals surface area contributed by atoms with Crippen LogP contribution in [-0.4, -0.2) is 87.9 Å². The van der Waals surface area contributed by atoms with Gasteiger partial charge in [0.1, 0.15) is 35.1 Å². The number of halogens is 3. The van der Waals surface area contributed by atoms with E-state index >= 15 is 4.39 Å². The number of likely N-dealkylation sites (tertiary alicyclic amines) is 2. The lowest BCUT2D eigenvalue weighted by molar-refractivity contribution is 0.0193. The van der Waals surface area contributed by atoms with E-state index in [1.54, 1.807) is 35.4 Å². The number of fused-ring (bicyclic) bond motifs is 4. The Balaban J connectivity index is 1.18. The van der Waals surface area contributed by atoms with Crippen LogP contribution >= 0.6 is 11.6 Å². The second-order valence-electron chi connectivity index (χ2n) is 14.0. The number of amides is 1. The Hall–Kier alpha value is -3.83. The zero-order valence-corrected chi connectivity index (χ0v) is 26.9. The highest BCUT2D eigenvalue weighted by atomic mass is 35.5. The van der Waals surface area contributed by atoms with Gasteiger partial charge in [-0.05, 0) is 63.9 Å². The molecule has 8 rings (SSSR count). The molecule has 4 aromatic rings. The number of likely N-dealkylation sites (N-methyl/N-ethyl adjacent to an activating group) is 1. The van der Waals surface area contributed by atoms with Gasteiger partial charge in [-0.1, -0.05) is 35.9 Å². The topological polar surface area (TPSA) is 83.9 Å². The number of hydrogen-bond donors (Lipinski definition) is 0. The smallest absolute Gasteiger partial charge is 0.410 e.